The highest BCUT2D eigenvalue weighted by molar-refractivity contribution is 9.10. The molecular weight excluding hydrogens is 342 g/mol. The van der Waals surface area contributed by atoms with Crippen LogP contribution >= 0.6 is 27.3 Å². The van der Waals surface area contributed by atoms with E-state index in [0.29, 0.717) is 5.92 Å². The zero-order valence-electron chi connectivity index (χ0n) is 13.0. The Labute approximate surface area is 140 Å². The van der Waals surface area contributed by atoms with Crippen molar-refractivity contribution in [2.45, 2.75) is 39.2 Å². The maximum Gasteiger partial charge on any atom is 0.0175 e. The molecule has 114 valence electrons. The molecule has 2 rings (SSSR count). The second kappa shape index (κ2) is 7.57. The molecule has 2 aromatic rings. The van der Waals surface area contributed by atoms with E-state index in [2.05, 4.69) is 83.1 Å². The summed E-state index contributed by atoms with van der Waals surface area (Å²) in [6, 6.07) is 11.0. The van der Waals surface area contributed by atoms with Gasteiger partial charge in [-0.2, -0.15) is 11.3 Å². The first-order valence-corrected chi connectivity index (χ1v) is 9.16. The van der Waals surface area contributed by atoms with Crippen LogP contribution in [0.25, 0.3) is 0 Å². The summed E-state index contributed by atoms with van der Waals surface area (Å²) in [6.07, 6.45) is 2.26. The first kappa shape index (κ1) is 16.7. The molecular formula is C18H24BrNS. The van der Waals surface area contributed by atoms with Crippen LogP contribution < -0.4 is 5.32 Å². The third kappa shape index (κ3) is 6.33. The fourth-order valence-corrected chi connectivity index (χ4v) is 3.31. The highest BCUT2D eigenvalue weighted by Gasteiger charge is 2.15. The molecule has 0 radical (unpaired) electrons. The molecule has 0 saturated heterocycles. The van der Waals surface area contributed by atoms with Crippen molar-refractivity contribution in [1.82, 2.24) is 5.32 Å². The topological polar surface area (TPSA) is 12.0 Å². The molecule has 1 heterocycles. The molecule has 0 spiro atoms. The second-order valence-electron chi connectivity index (χ2n) is 6.66. The van der Waals surface area contributed by atoms with Gasteiger partial charge in [-0.3, -0.25) is 0 Å². The van der Waals surface area contributed by atoms with E-state index in [1.807, 2.05) is 0 Å². The van der Waals surface area contributed by atoms with Crippen molar-refractivity contribution in [3.8, 4) is 0 Å². The third-order valence-corrected chi connectivity index (χ3v) is 4.72. The van der Waals surface area contributed by atoms with Gasteiger partial charge in [-0.15, -0.1) is 0 Å². The normalized spacial score (nSPS) is 13.3. The van der Waals surface area contributed by atoms with E-state index in [1.54, 1.807) is 11.3 Å². The minimum atomic E-state index is 0.173. The largest absolute Gasteiger partial charge is 0.312 e. The minimum absolute atomic E-state index is 0.173. The van der Waals surface area contributed by atoms with Gasteiger partial charge >= 0.3 is 0 Å². The van der Waals surface area contributed by atoms with Crippen molar-refractivity contribution in [3.05, 3.63) is 56.7 Å². The number of halogens is 1. The Balaban J connectivity index is 2.01. The molecule has 1 aromatic heterocycles. The van der Waals surface area contributed by atoms with Gasteiger partial charge in [0.05, 0.1) is 0 Å². The molecule has 0 aliphatic heterocycles. The molecule has 0 bridgehead atoms. The average molecular weight is 366 g/mol. The van der Waals surface area contributed by atoms with Crippen molar-refractivity contribution >= 4 is 27.3 Å². The highest BCUT2D eigenvalue weighted by atomic mass is 79.9. The Kier molecular flexibility index (Phi) is 6.03. The zero-order chi connectivity index (χ0) is 15.3. The first-order valence-electron chi connectivity index (χ1n) is 7.43. The highest BCUT2D eigenvalue weighted by Crippen LogP contribution is 2.19. The van der Waals surface area contributed by atoms with Gasteiger partial charge in [-0.05, 0) is 86.2 Å². The number of rotatable bonds is 6. The van der Waals surface area contributed by atoms with Crippen LogP contribution in [0.2, 0.25) is 0 Å². The van der Waals surface area contributed by atoms with Gasteiger partial charge in [0, 0.05) is 10.0 Å². The van der Waals surface area contributed by atoms with Crippen molar-refractivity contribution in [3.63, 3.8) is 0 Å². The fourth-order valence-electron chi connectivity index (χ4n) is 2.36. The molecule has 1 nitrogen and oxygen atoms in total. The molecule has 1 aromatic carbocycles. The van der Waals surface area contributed by atoms with E-state index in [1.165, 1.54) is 11.1 Å². The number of hydrogen-bond acceptors (Lipinski definition) is 2. The van der Waals surface area contributed by atoms with Gasteiger partial charge in [-0.25, -0.2) is 0 Å². The SMILES string of the molecule is CC(C)(C)NCC(Cc1ccc(Br)cc1)Cc1ccsc1. The van der Waals surface area contributed by atoms with Gasteiger partial charge in [-0.1, -0.05) is 28.1 Å². The summed E-state index contributed by atoms with van der Waals surface area (Å²) < 4.78 is 1.15. The molecule has 0 amide bonds. The molecule has 0 fully saturated rings. The standard InChI is InChI=1S/C18H24BrNS/c1-18(2,3)20-12-16(11-15-8-9-21-13-15)10-14-4-6-17(19)7-5-14/h4-9,13,16,20H,10-12H2,1-3H3. The van der Waals surface area contributed by atoms with Crippen LogP contribution in [0.4, 0.5) is 0 Å². The summed E-state index contributed by atoms with van der Waals surface area (Å²) in [5.41, 5.74) is 3.04. The fraction of sp³-hybridized carbons (Fsp3) is 0.444. The van der Waals surface area contributed by atoms with Crippen LogP contribution in [0.15, 0.2) is 45.6 Å². The minimum Gasteiger partial charge on any atom is -0.312 e. The van der Waals surface area contributed by atoms with E-state index in [-0.39, 0.29) is 5.54 Å². The van der Waals surface area contributed by atoms with Crippen LogP contribution in [0.5, 0.6) is 0 Å². The molecule has 0 aliphatic rings. The molecule has 1 atom stereocenters. The van der Waals surface area contributed by atoms with E-state index < -0.39 is 0 Å². The molecule has 0 saturated carbocycles. The summed E-state index contributed by atoms with van der Waals surface area (Å²) in [6.45, 7) is 7.74. The Bertz CT molecular complexity index is 525. The quantitative estimate of drug-likeness (QED) is 0.732. The number of hydrogen-bond donors (Lipinski definition) is 1. The average Bonchev–Trinajstić information content (AvgIpc) is 2.91. The Morgan fingerprint density at radius 2 is 1.71 bits per heavy atom. The monoisotopic (exact) mass is 365 g/mol. The van der Waals surface area contributed by atoms with Crippen LogP contribution in [0, 0.1) is 5.92 Å². The number of thiophene rings is 1. The summed E-state index contributed by atoms with van der Waals surface area (Å²) in [7, 11) is 0. The lowest BCUT2D eigenvalue weighted by atomic mass is 9.92. The van der Waals surface area contributed by atoms with E-state index in [4.69, 9.17) is 0 Å². The van der Waals surface area contributed by atoms with Crippen molar-refractivity contribution < 1.29 is 0 Å². The maximum absolute atomic E-state index is 3.66. The van der Waals surface area contributed by atoms with Gasteiger partial charge in [0.15, 0.2) is 0 Å². The van der Waals surface area contributed by atoms with E-state index in [0.717, 1.165) is 23.9 Å². The smallest absolute Gasteiger partial charge is 0.0175 e. The number of nitrogens with one attached hydrogen (secondary N) is 1. The summed E-state index contributed by atoms with van der Waals surface area (Å²) in [5.74, 6) is 0.625. The van der Waals surface area contributed by atoms with Gasteiger partial charge < -0.3 is 5.32 Å². The molecule has 1 N–H and O–H groups in total. The van der Waals surface area contributed by atoms with Crippen LogP contribution in [0.1, 0.15) is 31.9 Å². The lowest BCUT2D eigenvalue weighted by Crippen LogP contribution is -2.40. The number of benzene rings is 1. The van der Waals surface area contributed by atoms with Crippen LogP contribution in [0.3, 0.4) is 0 Å². The zero-order valence-corrected chi connectivity index (χ0v) is 15.4. The third-order valence-electron chi connectivity index (χ3n) is 3.46. The van der Waals surface area contributed by atoms with Crippen LogP contribution in [-0.4, -0.2) is 12.1 Å². The first-order chi connectivity index (χ1) is 9.92. The summed E-state index contributed by atoms with van der Waals surface area (Å²) >= 11 is 5.29. The molecule has 0 aliphatic carbocycles. The van der Waals surface area contributed by atoms with Gasteiger partial charge in [0.2, 0.25) is 0 Å². The van der Waals surface area contributed by atoms with Crippen LogP contribution in [-0.2, 0) is 12.8 Å². The Morgan fingerprint density at radius 1 is 1.05 bits per heavy atom. The molecule has 21 heavy (non-hydrogen) atoms. The molecule has 1 unspecified atom stereocenters. The van der Waals surface area contributed by atoms with E-state index >= 15 is 0 Å². The Hall–Kier alpha value is -0.640. The van der Waals surface area contributed by atoms with Crippen molar-refractivity contribution in [2.75, 3.05) is 6.54 Å². The summed E-state index contributed by atoms with van der Waals surface area (Å²) in [4.78, 5) is 0. The van der Waals surface area contributed by atoms with E-state index in [9.17, 15) is 0 Å². The second-order valence-corrected chi connectivity index (χ2v) is 8.36. The Morgan fingerprint density at radius 3 is 2.29 bits per heavy atom. The lowest BCUT2D eigenvalue weighted by molar-refractivity contribution is 0.367. The lowest BCUT2D eigenvalue weighted by Gasteiger charge is -2.25. The predicted molar refractivity (Wildman–Crippen MR) is 97.1 cm³/mol. The predicted octanol–water partition coefficient (Wildman–Crippen LogP) is 5.30. The van der Waals surface area contributed by atoms with Crippen molar-refractivity contribution in [1.29, 1.82) is 0 Å². The van der Waals surface area contributed by atoms with Gasteiger partial charge in [0.25, 0.3) is 0 Å². The maximum atomic E-state index is 3.66. The van der Waals surface area contributed by atoms with Gasteiger partial charge in [0.1, 0.15) is 0 Å². The van der Waals surface area contributed by atoms with Crippen molar-refractivity contribution in [2.24, 2.45) is 5.92 Å². The summed E-state index contributed by atoms with van der Waals surface area (Å²) in [5, 5.41) is 8.10. The molecule has 3 heteroatoms.